The molecule has 0 heterocycles. The van der Waals surface area contributed by atoms with Crippen molar-refractivity contribution in [2.75, 3.05) is 6.61 Å². The molecule has 1 amide bonds. The summed E-state index contributed by atoms with van der Waals surface area (Å²) < 4.78 is 0. The van der Waals surface area contributed by atoms with Crippen LogP contribution in [0.3, 0.4) is 0 Å². The fourth-order valence-electron chi connectivity index (χ4n) is 2.88. The van der Waals surface area contributed by atoms with E-state index in [0.29, 0.717) is 11.5 Å². The molecule has 3 heteroatoms. The van der Waals surface area contributed by atoms with Crippen LogP contribution in [-0.2, 0) is 0 Å². The molecule has 0 atom stereocenters. The first-order chi connectivity index (χ1) is 9.56. The number of hydrogen-bond donors (Lipinski definition) is 2. The fraction of sp³-hybridized carbons (Fsp3) is 0.588. The highest BCUT2D eigenvalue weighted by Gasteiger charge is 2.33. The average molecular weight is 275 g/mol. The first-order valence-electron chi connectivity index (χ1n) is 7.60. The highest BCUT2D eigenvalue weighted by Crippen LogP contribution is 2.28. The number of amides is 1. The molecule has 110 valence electrons. The molecule has 2 rings (SSSR count). The van der Waals surface area contributed by atoms with Crippen LogP contribution in [0.5, 0.6) is 0 Å². The number of nitrogens with one attached hydrogen (secondary N) is 1. The van der Waals surface area contributed by atoms with Crippen molar-refractivity contribution < 1.29 is 9.90 Å². The van der Waals surface area contributed by atoms with Crippen molar-refractivity contribution in [2.24, 2.45) is 0 Å². The Labute approximate surface area is 121 Å². The van der Waals surface area contributed by atoms with Gasteiger partial charge in [-0.2, -0.15) is 0 Å². The van der Waals surface area contributed by atoms with E-state index in [9.17, 15) is 9.90 Å². The Morgan fingerprint density at radius 2 is 1.80 bits per heavy atom. The van der Waals surface area contributed by atoms with Gasteiger partial charge in [0, 0.05) is 5.56 Å². The SMILES string of the molecule is CC(C)c1ccc(C(=O)NC2(CO)CCCCC2)cc1. The van der Waals surface area contributed by atoms with Crippen LogP contribution in [0.25, 0.3) is 0 Å². The molecular formula is C17H25NO2. The Morgan fingerprint density at radius 1 is 1.20 bits per heavy atom. The Kier molecular flexibility index (Phi) is 4.81. The molecule has 0 radical (unpaired) electrons. The Hall–Kier alpha value is -1.35. The minimum absolute atomic E-state index is 0.0306. The standard InChI is InChI=1S/C17H25NO2/c1-13(2)14-6-8-15(9-7-14)16(20)18-17(12-19)10-4-3-5-11-17/h6-9,13,19H,3-5,10-12H2,1-2H3,(H,18,20). The second kappa shape index (κ2) is 6.40. The summed E-state index contributed by atoms with van der Waals surface area (Å²) in [6, 6.07) is 7.76. The monoisotopic (exact) mass is 275 g/mol. The van der Waals surface area contributed by atoms with E-state index in [2.05, 4.69) is 19.2 Å². The number of hydrogen-bond acceptors (Lipinski definition) is 2. The van der Waals surface area contributed by atoms with Crippen LogP contribution in [0.1, 0.15) is 67.8 Å². The molecule has 1 fully saturated rings. The van der Waals surface area contributed by atoms with E-state index in [-0.39, 0.29) is 12.5 Å². The van der Waals surface area contributed by atoms with Gasteiger partial charge in [-0.25, -0.2) is 0 Å². The Bertz CT molecular complexity index is 445. The molecule has 1 aromatic rings. The summed E-state index contributed by atoms with van der Waals surface area (Å²) in [5.74, 6) is 0.394. The summed E-state index contributed by atoms with van der Waals surface area (Å²) >= 11 is 0. The summed E-state index contributed by atoms with van der Waals surface area (Å²) in [6.07, 6.45) is 5.10. The lowest BCUT2D eigenvalue weighted by molar-refractivity contribution is 0.0758. The molecular weight excluding hydrogens is 250 g/mol. The lowest BCUT2D eigenvalue weighted by atomic mass is 9.82. The van der Waals surface area contributed by atoms with E-state index in [1.165, 1.54) is 12.0 Å². The Balaban J connectivity index is 2.06. The molecule has 1 aliphatic carbocycles. The second-order valence-corrected chi connectivity index (χ2v) is 6.23. The van der Waals surface area contributed by atoms with Gasteiger partial charge in [0.2, 0.25) is 0 Å². The number of aliphatic hydroxyl groups is 1. The van der Waals surface area contributed by atoms with Crippen LogP contribution < -0.4 is 5.32 Å². The molecule has 0 aromatic heterocycles. The van der Waals surface area contributed by atoms with Crippen molar-refractivity contribution in [3.63, 3.8) is 0 Å². The molecule has 20 heavy (non-hydrogen) atoms. The normalized spacial score (nSPS) is 18.0. The van der Waals surface area contributed by atoms with Gasteiger partial charge < -0.3 is 10.4 Å². The summed E-state index contributed by atoms with van der Waals surface area (Å²) in [6.45, 7) is 4.30. The molecule has 0 spiro atoms. The predicted octanol–water partition coefficient (Wildman–Crippen LogP) is 3.24. The van der Waals surface area contributed by atoms with Gasteiger partial charge in [-0.15, -0.1) is 0 Å². The highest BCUT2D eigenvalue weighted by atomic mass is 16.3. The predicted molar refractivity (Wildman–Crippen MR) is 80.9 cm³/mol. The summed E-state index contributed by atoms with van der Waals surface area (Å²) in [7, 11) is 0. The number of rotatable bonds is 4. The zero-order valence-electron chi connectivity index (χ0n) is 12.5. The number of carbonyl (C=O) groups is 1. The largest absolute Gasteiger partial charge is 0.394 e. The van der Waals surface area contributed by atoms with Gasteiger partial charge in [0.1, 0.15) is 0 Å². The van der Waals surface area contributed by atoms with Gasteiger partial charge in [-0.1, -0.05) is 45.2 Å². The summed E-state index contributed by atoms with van der Waals surface area (Å²) in [4.78, 5) is 12.3. The minimum Gasteiger partial charge on any atom is -0.394 e. The zero-order valence-corrected chi connectivity index (χ0v) is 12.5. The smallest absolute Gasteiger partial charge is 0.251 e. The lowest BCUT2D eigenvalue weighted by Gasteiger charge is -2.36. The van der Waals surface area contributed by atoms with Crippen molar-refractivity contribution in [3.05, 3.63) is 35.4 Å². The van der Waals surface area contributed by atoms with Crippen molar-refractivity contribution in [1.29, 1.82) is 0 Å². The lowest BCUT2D eigenvalue weighted by Crippen LogP contribution is -2.52. The van der Waals surface area contributed by atoms with Crippen molar-refractivity contribution in [1.82, 2.24) is 5.32 Å². The van der Waals surface area contributed by atoms with Crippen molar-refractivity contribution in [3.8, 4) is 0 Å². The van der Waals surface area contributed by atoms with Crippen LogP contribution in [0.2, 0.25) is 0 Å². The number of carbonyl (C=O) groups excluding carboxylic acids is 1. The third-order valence-electron chi connectivity index (χ3n) is 4.33. The van der Waals surface area contributed by atoms with E-state index >= 15 is 0 Å². The number of aliphatic hydroxyl groups excluding tert-OH is 1. The van der Waals surface area contributed by atoms with E-state index < -0.39 is 5.54 Å². The first kappa shape index (κ1) is 15.0. The van der Waals surface area contributed by atoms with Crippen molar-refractivity contribution >= 4 is 5.91 Å². The maximum Gasteiger partial charge on any atom is 0.251 e. The quantitative estimate of drug-likeness (QED) is 0.886. The van der Waals surface area contributed by atoms with Gasteiger partial charge in [0.05, 0.1) is 12.1 Å². The second-order valence-electron chi connectivity index (χ2n) is 6.23. The van der Waals surface area contributed by atoms with Gasteiger partial charge in [0.15, 0.2) is 0 Å². The van der Waals surface area contributed by atoms with E-state index in [1.807, 2.05) is 24.3 Å². The first-order valence-corrected chi connectivity index (χ1v) is 7.60. The fourth-order valence-corrected chi connectivity index (χ4v) is 2.88. The van der Waals surface area contributed by atoms with E-state index in [4.69, 9.17) is 0 Å². The molecule has 0 bridgehead atoms. The van der Waals surface area contributed by atoms with Crippen LogP contribution in [0, 0.1) is 0 Å². The van der Waals surface area contributed by atoms with Crippen LogP contribution in [0.4, 0.5) is 0 Å². The minimum atomic E-state index is -0.411. The summed E-state index contributed by atoms with van der Waals surface area (Å²) in [5.41, 5.74) is 1.50. The van der Waals surface area contributed by atoms with E-state index in [1.54, 1.807) is 0 Å². The molecule has 0 unspecified atom stereocenters. The van der Waals surface area contributed by atoms with Crippen LogP contribution in [0.15, 0.2) is 24.3 Å². The topological polar surface area (TPSA) is 49.3 Å². The summed E-state index contributed by atoms with van der Waals surface area (Å²) in [5, 5.41) is 12.7. The molecule has 3 nitrogen and oxygen atoms in total. The third-order valence-corrected chi connectivity index (χ3v) is 4.33. The van der Waals surface area contributed by atoms with Crippen LogP contribution >= 0.6 is 0 Å². The van der Waals surface area contributed by atoms with Crippen LogP contribution in [-0.4, -0.2) is 23.2 Å². The Morgan fingerprint density at radius 3 is 2.30 bits per heavy atom. The number of benzene rings is 1. The molecule has 1 aromatic carbocycles. The van der Waals surface area contributed by atoms with E-state index in [0.717, 1.165) is 25.7 Å². The van der Waals surface area contributed by atoms with Gasteiger partial charge >= 0.3 is 0 Å². The molecule has 2 N–H and O–H groups in total. The maximum atomic E-state index is 12.3. The highest BCUT2D eigenvalue weighted by molar-refractivity contribution is 5.94. The van der Waals surface area contributed by atoms with Gasteiger partial charge in [-0.05, 0) is 36.5 Å². The average Bonchev–Trinajstić information content (AvgIpc) is 2.48. The van der Waals surface area contributed by atoms with Crippen molar-refractivity contribution in [2.45, 2.75) is 57.4 Å². The molecule has 1 saturated carbocycles. The molecule has 1 aliphatic rings. The molecule has 0 aliphatic heterocycles. The molecule has 0 saturated heterocycles. The van der Waals surface area contributed by atoms with Gasteiger partial charge in [0.25, 0.3) is 5.91 Å². The maximum absolute atomic E-state index is 12.3. The third kappa shape index (κ3) is 3.40. The van der Waals surface area contributed by atoms with Gasteiger partial charge in [-0.3, -0.25) is 4.79 Å². The zero-order chi connectivity index (χ0) is 14.6.